The van der Waals surface area contributed by atoms with Crippen molar-refractivity contribution in [3.8, 4) is 0 Å². The van der Waals surface area contributed by atoms with E-state index in [4.69, 9.17) is 9.47 Å². The lowest BCUT2D eigenvalue weighted by atomic mass is 9.84. The van der Waals surface area contributed by atoms with Crippen LogP contribution in [0.5, 0.6) is 0 Å². The molecule has 0 radical (unpaired) electrons. The zero-order chi connectivity index (χ0) is 12.2. The van der Waals surface area contributed by atoms with Gasteiger partial charge in [0, 0.05) is 6.61 Å². The zero-order valence-corrected chi connectivity index (χ0v) is 10.8. The number of aliphatic hydroxyl groups excluding tert-OH is 1. The van der Waals surface area contributed by atoms with Crippen molar-refractivity contribution in [3.05, 3.63) is 11.8 Å². The van der Waals surface area contributed by atoms with Gasteiger partial charge in [0.2, 0.25) is 0 Å². The van der Waals surface area contributed by atoms with Gasteiger partial charge < -0.3 is 14.6 Å². The first-order chi connectivity index (χ1) is 7.46. The summed E-state index contributed by atoms with van der Waals surface area (Å²) in [5, 5.41) is 10.3. The molecular weight excluding hydrogens is 204 g/mol. The van der Waals surface area contributed by atoms with E-state index in [1.165, 1.54) is 0 Å². The molecule has 16 heavy (non-hydrogen) atoms. The topological polar surface area (TPSA) is 38.7 Å². The van der Waals surface area contributed by atoms with E-state index in [1.807, 2.05) is 13.0 Å². The van der Waals surface area contributed by atoms with Crippen LogP contribution < -0.4 is 0 Å². The minimum atomic E-state index is -0.653. The Balaban J connectivity index is 2.73. The molecule has 1 aliphatic heterocycles. The maximum absolute atomic E-state index is 10.3. The van der Waals surface area contributed by atoms with Gasteiger partial charge in [-0.1, -0.05) is 20.8 Å². The Morgan fingerprint density at radius 3 is 2.62 bits per heavy atom. The Labute approximate surface area is 98.4 Å². The second-order valence-corrected chi connectivity index (χ2v) is 5.28. The summed E-state index contributed by atoms with van der Waals surface area (Å²) in [6, 6.07) is 0. The molecule has 3 nitrogen and oxygen atoms in total. The number of hydrogen-bond acceptors (Lipinski definition) is 3. The van der Waals surface area contributed by atoms with E-state index in [0.29, 0.717) is 19.0 Å². The van der Waals surface area contributed by atoms with Gasteiger partial charge in [-0.3, -0.25) is 0 Å². The molecule has 0 spiro atoms. The average Bonchev–Trinajstić information content (AvgIpc) is 2.25. The minimum absolute atomic E-state index is 0.100. The van der Waals surface area contributed by atoms with Crippen LogP contribution in [-0.4, -0.2) is 30.5 Å². The molecule has 0 amide bonds. The van der Waals surface area contributed by atoms with Gasteiger partial charge in [0.1, 0.15) is 11.9 Å². The van der Waals surface area contributed by atoms with Crippen molar-refractivity contribution in [1.82, 2.24) is 0 Å². The fraction of sp³-hybridized carbons (Fsp3) is 0.846. The van der Waals surface area contributed by atoms with Crippen LogP contribution in [0, 0.1) is 5.41 Å². The van der Waals surface area contributed by atoms with Crippen molar-refractivity contribution >= 4 is 0 Å². The summed E-state index contributed by atoms with van der Waals surface area (Å²) >= 11 is 0. The van der Waals surface area contributed by atoms with Crippen molar-refractivity contribution in [1.29, 1.82) is 0 Å². The Hall–Kier alpha value is -0.540. The highest BCUT2D eigenvalue weighted by atomic mass is 16.5. The van der Waals surface area contributed by atoms with E-state index in [-0.39, 0.29) is 11.5 Å². The summed E-state index contributed by atoms with van der Waals surface area (Å²) in [5.41, 5.74) is -0.100. The molecule has 0 saturated carbocycles. The molecule has 2 atom stereocenters. The van der Waals surface area contributed by atoms with Crippen molar-refractivity contribution in [3.63, 3.8) is 0 Å². The Morgan fingerprint density at radius 2 is 2.19 bits per heavy atom. The molecule has 94 valence electrons. The fourth-order valence-electron chi connectivity index (χ4n) is 1.93. The third kappa shape index (κ3) is 3.49. The predicted molar refractivity (Wildman–Crippen MR) is 64.1 cm³/mol. The molecule has 1 aliphatic rings. The van der Waals surface area contributed by atoms with Crippen LogP contribution in [0.3, 0.4) is 0 Å². The molecule has 0 bridgehead atoms. The van der Waals surface area contributed by atoms with Gasteiger partial charge in [-0.05, 0) is 31.3 Å². The van der Waals surface area contributed by atoms with Gasteiger partial charge in [-0.15, -0.1) is 0 Å². The molecule has 2 unspecified atom stereocenters. The first-order valence-electron chi connectivity index (χ1n) is 6.09. The monoisotopic (exact) mass is 228 g/mol. The van der Waals surface area contributed by atoms with Crippen LogP contribution in [0.4, 0.5) is 0 Å². The number of rotatable bonds is 4. The minimum Gasteiger partial charge on any atom is -0.495 e. The van der Waals surface area contributed by atoms with E-state index < -0.39 is 6.10 Å². The van der Waals surface area contributed by atoms with Gasteiger partial charge in [0.15, 0.2) is 0 Å². The number of hydrogen-bond donors (Lipinski definition) is 1. The smallest absolute Gasteiger partial charge is 0.137 e. The van der Waals surface area contributed by atoms with E-state index in [2.05, 4.69) is 20.8 Å². The summed E-state index contributed by atoms with van der Waals surface area (Å²) in [4.78, 5) is 0. The van der Waals surface area contributed by atoms with Crippen LogP contribution in [0.1, 0.15) is 40.5 Å². The molecule has 0 aromatic heterocycles. The maximum Gasteiger partial charge on any atom is 0.137 e. The summed E-state index contributed by atoms with van der Waals surface area (Å²) in [6.45, 7) is 9.46. The highest BCUT2D eigenvalue weighted by Crippen LogP contribution is 2.29. The highest BCUT2D eigenvalue weighted by molar-refractivity contribution is 5.06. The molecule has 0 aliphatic carbocycles. The fourth-order valence-corrected chi connectivity index (χ4v) is 1.93. The van der Waals surface area contributed by atoms with E-state index in [1.54, 1.807) is 0 Å². The molecule has 0 saturated heterocycles. The summed E-state index contributed by atoms with van der Waals surface area (Å²) < 4.78 is 11.1. The lowest BCUT2D eigenvalue weighted by Crippen LogP contribution is -2.42. The first-order valence-corrected chi connectivity index (χ1v) is 6.09. The Morgan fingerprint density at radius 1 is 1.50 bits per heavy atom. The van der Waals surface area contributed by atoms with Gasteiger partial charge in [-0.2, -0.15) is 0 Å². The van der Waals surface area contributed by atoms with E-state index in [0.717, 1.165) is 12.8 Å². The van der Waals surface area contributed by atoms with Crippen molar-refractivity contribution in [2.75, 3.05) is 13.2 Å². The van der Waals surface area contributed by atoms with Crippen LogP contribution in [0.25, 0.3) is 0 Å². The zero-order valence-electron chi connectivity index (χ0n) is 10.8. The number of aliphatic hydroxyl groups is 1. The van der Waals surface area contributed by atoms with Gasteiger partial charge in [0.25, 0.3) is 0 Å². The second-order valence-electron chi connectivity index (χ2n) is 5.28. The second kappa shape index (κ2) is 5.69. The predicted octanol–water partition coefficient (Wildman–Crippen LogP) is 2.49. The molecule has 1 rings (SSSR count). The van der Waals surface area contributed by atoms with Gasteiger partial charge >= 0.3 is 0 Å². The molecule has 1 N–H and O–H groups in total. The molecule has 1 heterocycles. The third-order valence-electron chi connectivity index (χ3n) is 2.74. The maximum atomic E-state index is 10.3. The first kappa shape index (κ1) is 13.5. The largest absolute Gasteiger partial charge is 0.495 e. The highest BCUT2D eigenvalue weighted by Gasteiger charge is 2.35. The normalized spacial score (nSPS) is 20.9. The van der Waals surface area contributed by atoms with Crippen LogP contribution >= 0.6 is 0 Å². The third-order valence-corrected chi connectivity index (χ3v) is 2.74. The Kier molecular flexibility index (Phi) is 4.81. The van der Waals surface area contributed by atoms with Crippen molar-refractivity contribution in [2.45, 2.75) is 52.7 Å². The molecule has 3 heteroatoms. The molecule has 0 fully saturated rings. The van der Waals surface area contributed by atoms with Crippen molar-refractivity contribution < 1.29 is 14.6 Å². The van der Waals surface area contributed by atoms with Crippen LogP contribution in [0.2, 0.25) is 0 Å². The van der Waals surface area contributed by atoms with Gasteiger partial charge in [0.05, 0.1) is 12.7 Å². The number of ether oxygens (including phenoxy) is 2. The summed E-state index contributed by atoms with van der Waals surface area (Å²) in [5.74, 6) is 0.680. The van der Waals surface area contributed by atoms with E-state index >= 15 is 0 Å². The average molecular weight is 228 g/mol. The van der Waals surface area contributed by atoms with Gasteiger partial charge in [-0.25, -0.2) is 0 Å². The van der Waals surface area contributed by atoms with Crippen molar-refractivity contribution in [2.24, 2.45) is 5.41 Å². The quantitative estimate of drug-likeness (QED) is 0.803. The summed E-state index contributed by atoms with van der Waals surface area (Å²) in [6.07, 6.45) is 3.12. The molecule has 0 aromatic carbocycles. The van der Waals surface area contributed by atoms with E-state index in [9.17, 15) is 5.11 Å². The Bertz CT molecular complexity index is 240. The van der Waals surface area contributed by atoms with Crippen LogP contribution in [0.15, 0.2) is 11.8 Å². The SMILES string of the molecule is CCOC(C(O)C1=CCCCO1)C(C)(C)C. The lowest BCUT2D eigenvalue weighted by Gasteiger charge is -2.35. The summed E-state index contributed by atoms with van der Waals surface area (Å²) in [7, 11) is 0. The van der Waals surface area contributed by atoms with Crippen LogP contribution in [-0.2, 0) is 9.47 Å². The molecule has 0 aromatic rings. The standard InChI is InChI=1S/C13H24O3/c1-5-15-12(13(2,3)4)11(14)10-8-6-7-9-16-10/h8,11-12,14H,5-7,9H2,1-4H3. The number of allylic oxidation sites excluding steroid dienone is 1. The molecular formula is C13H24O3. The lowest BCUT2D eigenvalue weighted by molar-refractivity contribution is -0.0919.